The topological polar surface area (TPSA) is 51.0 Å². The molecule has 1 atom stereocenters. The van der Waals surface area contributed by atoms with Crippen LogP contribution in [-0.2, 0) is 6.42 Å². The summed E-state index contributed by atoms with van der Waals surface area (Å²) in [4.78, 5) is 19.5. The molecule has 1 saturated heterocycles. The van der Waals surface area contributed by atoms with Crippen LogP contribution in [0.3, 0.4) is 0 Å². The first-order valence-electron chi connectivity index (χ1n) is 8.80. The Morgan fingerprint density at radius 1 is 1.33 bits per heavy atom. The third-order valence-corrected chi connectivity index (χ3v) is 4.63. The normalized spacial score (nSPS) is 18.2. The van der Waals surface area contributed by atoms with Gasteiger partial charge in [-0.1, -0.05) is 6.07 Å². The Balaban J connectivity index is 1.69. The van der Waals surface area contributed by atoms with Crippen molar-refractivity contribution in [3.05, 3.63) is 47.5 Å². The highest BCUT2D eigenvalue weighted by atomic mass is 16.2. The van der Waals surface area contributed by atoms with Gasteiger partial charge in [0, 0.05) is 36.7 Å². The summed E-state index contributed by atoms with van der Waals surface area (Å²) in [5.41, 5.74) is 2.87. The molecule has 5 heteroatoms. The van der Waals surface area contributed by atoms with Gasteiger partial charge >= 0.3 is 0 Å². The average Bonchev–Trinajstić information content (AvgIpc) is 3.04. The molecule has 0 unspecified atom stereocenters. The summed E-state index contributed by atoms with van der Waals surface area (Å²) in [5, 5.41) is 4.29. The van der Waals surface area contributed by atoms with Gasteiger partial charge in [-0.3, -0.25) is 14.5 Å². The first kappa shape index (κ1) is 16.7. The van der Waals surface area contributed by atoms with Crippen LogP contribution in [0.5, 0.6) is 0 Å². The molecule has 1 fully saturated rings. The van der Waals surface area contributed by atoms with Crippen LogP contribution in [-0.4, -0.2) is 38.7 Å². The first-order valence-corrected chi connectivity index (χ1v) is 8.80. The zero-order valence-electron chi connectivity index (χ0n) is 14.8. The van der Waals surface area contributed by atoms with Crippen molar-refractivity contribution in [3.63, 3.8) is 0 Å². The zero-order valence-corrected chi connectivity index (χ0v) is 14.8. The quantitative estimate of drug-likeness (QED) is 0.866. The van der Waals surface area contributed by atoms with Gasteiger partial charge in [0.25, 0.3) is 5.91 Å². The number of carbonyl (C=O) groups excluding carboxylic acids is 1. The number of hydrogen-bond acceptors (Lipinski definition) is 3. The van der Waals surface area contributed by atoms with Gasteiger partial charge in [0.15, 0.2) is 0 Å². The Hall–Kier alpha value is -2.17. The summed E-state index contributed by atoms with van der Waals surface area (Å²) in [7, 11) is 0. The second-order valence-electron chi connectivity index (χ2n) is 6.99. The van der Waals surface area contributed by atoms with E-state index < -0.39 is 0 Å². The molecule has 0 radical (unpaired) electrons. The Labute approximate surface area is 143 Å². The van der Waals surface area contributed by atoms with Crippen LogP contribution in [0, 0.1) is 12.8 Å². The van der Waals surface area contributed by atoms with Crippen LogP contribution in [0.4, 0.5) is 0 Å². The third-order valence-electron chi connectivity index (χ3n) is 4.63. The van der Waals surface area contributed by atoms with E-state index in [2.05, 4.69) is 22.2 Å². The molecule has 0 aliphatic carbocycles. The van der Waals surface area contributed by atoms with Crippen molar-refractivity contribution in [2.24, 2.45) is 5.92 Å². The van der Waals surface area contributed by atoms with Crippen molar-refractivity contribution in [2.75, 3.05) is 13.1 Å². The fraction of sp³-hybridized carbons (Fsp3) is 0.526. The van der Waals surface area contributed by atoms with E-state index in [1.165, 1.54) is 0 Å². The molecule has 1 amide bonds. The van der Waals surface area contributed by atoms with Crippen LogP contribution in [0.1, 0.15) is 54.6 Å². The standard InChI is InChI=1S/C19H26N4O/c1-14(2)23-18(9-10-20-23)19(24)22-11-5-7-16(13-22)12-17-8-4-6-15(3)21-17/h4,6,8-10,14,16H,5,7,11-13H2,1-3H3/t16-/m0/s1. The molecule has 3 heterocycles. The van der Waals surface area contributed by atoms with Gasteiger partial charge in [-0.25, -0.2) is 0 Å². The van der Waals surface area contributed by atoms with E-state index in [0.29, 0.717) is 11.6 Å². The number of pyridine rings is 1. The van der Waals surface area contributed by atoms with Crippen LogP contribution in [0.25, 0.3) is 0 Å². The number of nitrogens with zero attached hydrogens (tertiary/aromatic N) is 4. The minimum atomic E-state index is 0.100. The Bertz CT molecular complexity index is 707. The predicted octanol–water partition coefficient (Wildman–Crippen LogP) is 3.26. The maximum absolute atomic E-state index is 12.9. The summed E-state index contributed by atoms with van der Waals surface area (Å²) in [6.45, 7) is 7.75. The second kappa shape index (κ2) is 7.16. The molecule has 0 saturated carbocycles. The number of rotatable bonds is 4. The highest BCUT2D eigenvalue weighted by Gasteiger charge is 2.27. The maximum atomic E-state index is 12.9. The molecule has 0 bridgehead atoms. The van der Waals surface area contributed by atoms with E-state index in [4.69, 9.17) is 0 Å². The minimum absolute atomic E-state index is 0.100. The van der Waals surface area contributed by atoms with Crippen LogP contribution >= 0.6 is 0 Å². The number of aromatic nitrogens is 3. The fourth-order valence-corrected chi connectivity index (χ4v) is 3.48. The van der Waals surface area contributed by atoms with Crippen molar-refractivity contribution in [1.82, 2.24) is 19.7 Å². The Morgan fingerprint density at radius 2 is 2.17 bits per heavy atom. The molecule has 1 aliphatic heterocycles. The molecule has 2 aromatic heterocycles. The molecular formula is C19H26N4O. The number of piperidine rings is 1. The number of hydrogen-bond donors (Lipinski definition) is 0. The van der Waals surface area contributed by atoms with Crippen molar-refractivity contribution in [3.8, 4) is 0 Å². The molecule has 0 spiro atoms. The lowest BCUT2D eigenvalue weighted by Gasteiger charge is -2.33. The maximum Gasteiger partial charge on any atom is 0.272 e. The van der Waals surface area contributed by atoms with E-state index in [1.807, 2.05) is 42.5 Å². The molecule has 3 rings (SSSR count). The van der Waals surface area contributed by atoms with Crippen molar-refractivity contribution in [1.29, 1.82) is 0 Å². The lowest BCUT2D eigenvalue weighted by atomic mass is 9.93. The van der Waals surface area contributed by atoms with Gasteiger partial charge in [0.05, 0.1) is 0 Å². The van der Waals surface area contributed by atoms with Crippen molar-refractivity contribution < 1.29 is 4.79 Å². The van der Waals surface area contributed by atoms with Gasteiger partial charge in [-0.15, -0.1) is 0 Å². The Kier molecular flexibility index (Phi) is 4.97. The number of likely N-dealkylation sites (tertiary alicyclic amines) is 1. The summed E-state index contributed by atoms with van der Waals surface area (Å²) < 4.78 is 1.81. The molecule has 5 nitrogen and oxygen atoms in total. The van der Waals surface area contributed by atoms with E-state index in [1.54, 1.807) is 6.20 Å². The number of aryl methyl sites for hydroxylation is 1. The summed E-state index contributed by atoms with van der Waals surface area (Å²) in [6, 6.07) is 8.18. The van der Waals surface area contributed by atoms with Crippen molar-refractivity contribution in [2.45, 2.75) is 46.1 Å². The van der Waals surface area contributed by atoms with Crippen LogP contribution < -0.4 is 0 Å². The van der Waals surface area contributed by atoms with Gasteiger partial charge in [0.2, 0.25) is 0 Å². The molecule has 2 aromatic rings. The zero-order chi connectivity index (χ0) is 17.1. The minimum Gasteiger partial charge on any atom is -0.337 e. The van der Waals surface area contributed by atoms with Crippen molar-refractivity contribution >= 4 is 5.91 Å². The molecule has 24 heavy (non-hydrogen) atoms. The third kappa shape index (κ3) is 3.66. The largest absolute Gasteiger partial charge is 0.337 e. The van der Waals surface area contributed by atoms with E-state index in [0.717, 1.165) is 43.7 Å². The number of carbonyl (C=O) groups is 1. The highest BCUT2D eigenvalue weighted by Crippen LogP contribution is 2.22. The fourth-order valence-electron chi connectivity index (χ4n) is 3.48. The smallest absolute Gasteiger partial charge is 0.272 e. The van der Waals surface area contributed by atoms with Gasteiger partial charge < -0.3 is 4.90 Å². The lowest BCUT2D eigenvalue weighted by Crippen LogP contribution is -2.41. The van der Waals surface area contributed by atoms with E-state index in [9.17, 15) is 4.79 Å². The molecule has 1 aliphatic rings. The van der Waals surface area contributed by atoms with Gasteiger partial charge in [-0.05, 0) is 64.2 Å². The predicted molar refractivity (Wildman–Crippen MR) is 93.9 cm³/mol. The Morgan fingerprint density at radius 3 is 2.92 bits per heavy atom. The molecule has 0 aromatic carbocycles. The number of amides is 1. The van der Waals surface area contributed by atoms with Crippen LogP contribution in [0.2, 0.25) is 0 Å². The summed E-state index contributed by atoms with van der Waals surface area (Å²) in [6.07, 6.45) is 4.86. The van der Waals surface area contributed by atoms with Gasteiger partial charge in [0.1, 0.15) is 5.69 Å². The monoisotopic (exact) mass is 326 g/mol. The first-order chi connectivity index (χ1) is 11.5. The summed E-state index contributed by atoms with van der Waals surface area (Å²) in [5.74, 6) is 0.579. The molecule has 128 valence electrons. The highest BCUT2D eigenvalue weighted by molar-refractivity contribution is 5.92. The van der Waals surface area contributed by atoms with Gasteiger partial charge in [-0.2, -0.15) is 5.10 Å². The lowest BCUT2D eigenvalue weighted by molar-refractivity contribution is 0.0658. The second-order valence-corrected chi connectivity index (χ2v) is 6.99. The average molecular weight is 326 g/mol. The molecule has 0 N–H and O–H groups in total. The van der Waals surface area contributed by atoms with Crippen LogP contribution in [0.15, 0.2) is 30.5 Å². The SMILES string of the molecule is Cc1cccc(C[C@@H]2CCCN(C(=O)c3ccnn3C(C)C)C2)n1. The summed E-state index contributed by atoms with van der Waals surface area (Å²) >= 11 is 0. The molecular weight excluding hydrogens is 300 g/mol. The van der Waals surface area contributed by atoms with E-state index in [-0.39, 0.29) is 11.9 Å². The van der Waals surface area contributed by atoms with E-state index >= 15 is 0 Å².